The normalized spacial score (nSPS) is 13.2. The average Bonchev–Trinajstić information content (AvgIpc) is 3.55. The smallest absolute Gasteiger partial charge is 0.166 e. The van der Waals surface area contributed by atoms with Crippen molar-refractivity contribution in [2.45, 2.75) is 19.3 Å². The molecule has 7 aromatic rings. The van der Waals surface area contributed by atoms with E-state index in [1.807, 2.05) is 36.4 Å². The number of hydrogen-bond donors (Lipinski definition) is 0. The molecule has 1 aliphatic heterocycles. The molecule has 5 heteroatoms. The molecule has 0 saturated heterocycles. The molecule has 42 heavy (non-hydrogen) atoms. The second kappa shape index (κ2) is 9.32. The highest BCUT2D eigenvalue weighted by molar-refractivity contribution is 5.93. The summed E-state index contributed by atoms with van der Waals surface area (Å²) >= 11 is 0. The van der Waals surface area contributed by atoms with Crippen molar-refractivity contribution < 1.29 is 0 Å². The fourth-order valence-electron chi connectivity index (χ4n) is 6.04. The van der Waals surface area contributed by atoms with Gasteiger partial charge in [-0.05, 0) is 48.7 Å². The first-order valence-corrected chi connectivity index (χ1v) is 14.2. The lowest BCUT2D eigenvalue weighted by Gasteiger charge is -2.17. The molecule has 0 amide bonds. The van der Waals surface area contributed by atoms with E-state index in [1.165, 1.54) is 16.8 Å². The number of rotatable bonds is 4. The van der Waals surface area contributed by atoms with Crippen LogP contribution >= 0.6 is 0 Å². The molecule has 2 aromatic heterocycles. The summed E-state index contributed by atoms with van der Waals surface area (Å²) in [6, 6.07) is 43.7. The predicted molar refractivity (Wildman–Crippen MR) is 168 cm³/mol. The molecule has 0 fully saturated rings. The molecule has 0 unspecified atom stereocenters. The van der Waals surface area contributed by atoms with E-state index >= 15 is 0 Å². The third-order valence-electron chi connectivity index (χ3n) is 8.22. The Labute approximate surface area is 244 Å². The Kier molecular flexibility index (Phi) is 5.41. The van der Waals surface area contributed by atoms with Crippen LogP contribution in [0.25, 0.3) is 62.0 Å². The molecule has 0 spiro atoms. The highest BCUT2D eigenvalue weighted by Crippen LogP contribution is 2.45. The molecule has 5 nitrogen and oxygen atoms in total. The minimum Gasteiger partial charge on any atom is -0.295 e. The van der Waals surface area contributed by atoms with Crippen LogP contribution in [-0.2, 0) is 5.41 Å². The molecule has 0 N–H and O–H groups in total. The Balaban J connectivity index is 1.31. The van der Waals surface area contributed by atoms with Gasteiger partial charge in [0, 0.05) is 16.7 Å². The van der Waals surface area contributed by atoms with Crippen LogP contribution in [0.1, 0.15) is 25.2 Å². The lowest BCUT2D eigenvalue weighted by atomic mass is 9.86. The highest BCUT2D eigenvalue weighted by Gasteiger charge is 2.39. The molecular weight excluding hydrogens is 514 g/mol. The Morgan fingerprint density at radius 1 is 0.476 bits per heavy atom. The van der Waals surface area contributed by atoms with Crippen molar-refractivity contribution in [2.75, 3.05) is 0 Å². The van der Waals surface area contributed by atoms with Gasteiger partial charge in [-0.3, -0.25) is 4.57 Å². The van der Waals surface area contributed by atoms with Gasteiger partial charge in [0.05, 0.1) is 16.6 Å². The zero-order valence-electron chi connectivity index (χ0n) is 23.4. The minimum absolute atomic E-state index is 0.215. The van der Waals surface area contributed by atoms with E-state index in [0.717, 1.165) is 39.1 Å². The Morgan fingerprint density at radius 2 is 1.02 bits per heavy atom. The lowest BCUT2D eigenvalue weighted by Crippen LogP contribution is -2.16. The van der Waals surface area contributed by atoms with Crippen LogP contribution in [0.5, 0.6) is 0 Å². The van der Waals surface area contributed by atoms with Gasteiger partial charge in [0.1, 0.15) is 11.3 Å². The van der Waals surface area contributed by atoms with Crippen LogP contribution in [0.4, 0.5) is 0 Å². The first-order valence-electron chi connectivity index (χ1n) is 14.2. The van der Waals surface area contributed by atoms with E-state index in [-0.39, 0.29) is 5.41 Å². The van der Waals surface area contributed by atoms with E-state index in [4.69, 9.17) is 19.9 Å². The SMILES string of the molecule is CC1(C)c2ccccc2-n2c1nc1c(-c3nc(-c4ccccc4)nc(-c4ccc(-c5ccccc5)cc4)n3)cccc12. The van der Waals surface area contributed by atoms with Crippen LogP contribution in [0.15, 0.2) is 127 Å². The summed E-state index contributed by atoms with van der Waals surface area (Å²) in [4.78, 5) is 20.2. The zero-order valence-corrected chi connectivity index (χ0v) is 23.4. The molecule has 1 aliphatic rings. The Morgan fingerprint density at radius 3 is 1.74 bits per heavy atom. The molecule has 0 atom stereocenters. The van der Waals surface area contributed by atoms with Crippen molar-refractivity contribution in [1.82, 2.24) is 24.5 Å². The van der Waals surface area contributed by atoms with Crippen LogP contribution < -0.4 is 0 Å². The number of para-hydroxylation sites is 2. The van der Waals surface area contributed by atoms with E-state index in [0.29, 0.717) is 17.5 Å². The number of fused-ring (bicyclic) bond motifs is 5. The van der Waals surface area contributed by atoms with Crippen molar-refractivity contribution in [3.05, 3.63) is 139 Å². The van der Waals surface area contributed by atoms with E-state index in [2.05, 4.69) is 109 Å². The number of imidazole rings is 1. The monoisotopic (exact) mass is 541 g/mol. The Bertz CT molecular complexity index is 2090. The molecule has 3 heterocycles. The second-order valence-corrected chi connectivity index (χ2v) is 11.2. The molecule has 5 aromatic carbocycles. The largest absolute Gasteiger partial charge is 0.295 e. The average molecular weight is 542 g/mol. The summed E-state index contributed by atoms with van der Waals surface area (Å²) in [5, 5.41) is 0. The van der Waals surface area contributed by atoms with Gasteiger partial charge >= 0.3 is 0 Å². The van der Waals surface area contributed by atoms with Gasteiger partial charge in [0.2, 0.25) is 0 Å². The minimum atomic E-state index is -0.215. The molecular formula is C37H27N5. The maximum atomic E-state index is 5.25. The van der Waals surface area contributed by atoms with Gasteiger partial charge in [0.15, 0.2) is 17.5 Å². The van der Waals surface area contributed by atoms with E-state index in [1.54, 1.807) is 0 Å². The van der Waals surface area contributed by atoms with E-state index < -0.39 is 0 Å². The summed E-state index contributed by atoms with van der Waals surface area (Å²) in [5.41, 5.74) is 9.29. The fraction of sp³-hybridized carbons (Fsp3) is 0.0811. The standard InChI is InChI=1S/C37H27N5/c1-37(2)29-17-9-10-18-30(29)42-31-19-11-16-28(32(31)38-36(37)42)35-40-33(26-14-7-4-8-15-26)39-34(41-35)27-22-20-25(21-23-27)24-12-5-3-6-13-24/h3-23H,1-2H3. The number of benzene rings is 5. The quantitative estimate of drug-likeness (QED) is 0.224. The summed E-state index contributed by atoms with van der Waals surface area (Å²) in [7, 11) is 0. The first-order chi connectivity index (χ1) is 20.6. The van der Waals surface area contributed by atoms with Crippen LogP contribution in [0.2, 0.25) is 0 Å². The third-order valence-corrected chi connectivity index (χ3v) is 8.22. The number of nitrogens with zero attached hydrogens (tertiary/aromatic N) is 5. The molecule has 200 valence electrons. The topological polar surface area (TPSA) is 56.5 Å². The Hall–Kier alpha value is -5.42. The van der Waals surface area contributed by atoms with Crippen molar-refractivity contribution >= 4 is 11.0 Å². The van der Waals surface area contributed by atoms with Gasteiger partial charge in [-0.25, -0.2) is 19.9 Å². The molecule has 0 radical (unpaired) electrons. The first kappa shape index (κ1) is 24.4. The summed E-state index contributed by atoms with van der Waals surface area (Å²) in [6.45, 7) is 4.48. The number of aromatic nitrogens is 5. The maximum absolute atomic E-state index is 5.25. The van der Waals surface area contributed by atoms with Crippen LogP contribution in [0, 0.1) is 0 Å². The van der Waals surface area contributed by atoms with Crippen LogP contribution in [0.3, 0.4) is 0 Å². The predicted octanol–water partition coefficient (Wildman–Crippen LogP) is 8.52. The van der Waals surface area contributed by atoms with Crippen molar-refractivity contribution in [1.29, 1.82) is 0 Å². The van der Waals surface area contributed by atoms with Gasteiger partial charge in [0.25, 0.3) is 0 Å². The summed E-state index contributed by atoms with van der Waals surface area (Å²) < 4.78 is 2.29. The van der Waals surface area contributed by atoms with Gasteiger partial charge in [-0.1, -0.05) is 109 Å². The van der Waals surface area contributed by atoms with Gasteiger partial charge in [-0.2, -0.15) is 0 Å². The maximum Gasteiger partial charge on any atom is 0.166 e. The van der Waals surface area contributed by atoms with Crippen molar-refractivity contribution in [3.63, 3.8) is 0 Å². The summed E-state index contributed by atoms with van der Waals surface area (Å²) in [6.07, 6.45) is 0. The summed E-state index contributed by atoms with van der Waals surface area (Å²) in [5.74, 6) is 2.91. The lowest BCUT2D eigenvalue weighted by molar-refractivity contribution is 0.621. The van der Waals surface area contributed by atoms with Crippen molar-refractivity contribution in [2.24, 2.45) is 0 Å². The molecule has 0 aliphatic carbocycles. The highest BCUT2D eigenvalue weighted by atomic mass is 15.1. The third kappa shape index (κ3) is 3.78. The van der Waals surface area contributed by atoms with Crippen LogP contribution in [-0.4, -0.2) is 24.5 Å². The zero-order chi connectivity index (χ0) is 28.3. The molecule has 0 bridgehead atoms. The van der Waals surface area contributed by atoms with Crippen molar-refractivity contribution in [3.8, 4) is 51.0 Å². The molecule has 0 saturated carbocycles. The molecule has 8 rings (SSSR count). The van der Waals surface area contributed by atoms with Gasteiger partial charge < -0.3 is 0 Å². The second-order valence-electron chi connectivity index (χ2n) is 11.2. The fourth-order valence-corrected chi connectivity index (χ4v) is 6.04. The van der Waals surface area contributed by atoms with Gasteiger partial charge in [-0.15, -0.1) is 0 Å². The number of hydrogen-bond acceptors (Lipinski definition) is 4. The van der Waals surface area contributed by atoms with E-state index in [9.17, 15) is 0 Å².